The van der Waals surface area contributed by atoms with Crippen molar-refractivity contribution in [3.05, 3.63) is 54.0 Å². The minimum absolute atomic E-state index is 0.0312. The van der Waals surface area contributed by atoms with Gasteiger partial charge in [0.05, 0.1) is 12.4 Å². The van der Waals surface area contributed by atoms with Gasteiger partial charge in [-0.15, -0.1) is 0 Å². The number of hydrogen-bond donors (Lipinski definition) is 2. The van der Waals surface area contributed by atoms with Crippen LogP contribution in [-0.4, -0.2) is 51.6 Å². The van der Waals surface area contributed by atoms with E-state index in [1.807, 2.05) is 6.07 Å². The second-order valence-electron chi connectivity index (χ2n) is 6.09. The van der Waals surface area contributed by atoms with E-state index in [0.717, 1.165) is 38.9 Å². The summed E-state index contributed by atoms with van der Waals surface area (Å²) in [5.74, 6) is -0.413. The highest BCUT2D eigenvalue weighted by atomic mass is 16.4. The standard InChI is InChI=1S/C18H22N4O2/c23-18(24)16-12-20-17(13-19-16)21-15-7-10-22(11-8-15)9-6-14-4-2-1-3-5-14/h1-5,12-13,15H,6-11H2,(H,20,21)(H,23,24). The van der Waals surface area contributed by atoms with Crippen LogP contribution in [0, 0.1) is 0 Å². The van der Waals surface area contributed by atoms with Gasteiger partial charge in [-0.25, -0.2) is 14.8 Å². The Kier molecular flexibility index (Phi) is 5.38. The van der Waals surface area contributed by atoms with Crippen LogP contribution in [0.1, 0.15) is 28.9 Å². The Bertz CT molecular complexity index is 652. The van der Waals surface area contributed by atoms with E-state index >= 15 is 0 Å². The van der Waals surface area contributed by atoms with Gasteiger partial charge in [0.15, 0.2) is 5.69 Å². The lowest BCUT2D eigenvalue weighted by molar-refractivity contribution is 0.0690. The maximum atomic E-state index is 10.8. The third-order valence-corrected chi connectivity index (χ3v) is 4.37. The predicted molar refractivity (Wildman–Crippen MR) is 92.2 cm³/mol. The first kappa shape index (κ1) is 16.4. The largest absolute Gasteiger partial charge is 0.476 e. The van der Waals surface area contributed by atoms with Crippen LogP contribution in [0.5, 0.6) is 0 Å². The molecule has 0 saturated carbocycles. The quantitative estimate of drug-likeness (QED) is 0.848. The highest BCUT2D eigenvalue weighted by Gasteiger charge is 2.19. The van der Waals surface area contributed by atoms with Crippen molar-refractivity contribution in [1.29, 1.82) is 0 Å². The SMILES string of the molecule is O=C(O)c1cnc(NC2CCN(CCc3ccccc3)CC2)cn1. The van der Waals surface area contributed by atoms with Crippen molar-refractivity contribution in [3.63, 3.8) is 0 Å². The Hall–Kier alpha value is -2.47. The van der Waals surface area contributed by atoms with Gasteiger partial charge in [0.2, 0.25) is 0 Å². The Morgan fingerprint density at radius 3 is 2.54 bits per heavy atom. The number of piperidine rings is 1. The number of aromatic nitrogens is 2. The van der Waals surface area contributed by atoms with Crippen molar-refractivity contribution >= 4 is 11.8 Å². The van der Waals surface area contributed by atoms with E-state index in [9.17, 15) is 4.79 Å². The number of aromatic carboxylic acids is 1. The van der Waals surface area contributed by atoms with E-state index in [1.54, 1.807) is 0 Å². The molecule has 1 aromatic heterocycles. The summed E-state index contributed by atoms with van der Waals surface area (Å²) in [5.41, 5.74) is 1.35. The minimum Gasteiger partial charge on any atom is -0.476 e. The smallest absolute Gasteiger partial charge is 0.356 e. The maximum absolute atomic E-state index is 10.8. The Labute approximate surface area is 141 Å². The van der Waals surface area contributed by atoms with Gasteiger partial charge in [0.1, 0.15) is 5.82 Å². The number of benzene rings is 1. The summed E-state index contributed by atoms with van der Waals surface area (Å²) in [6.07, 6.45) is 5.97. The van der Waals surface area contributed by atoms with Crippen molar-refractivity contribution in [2.75, 3.05) is 25.0 Å². The van der Waals surface area contributed by atoms with Gasteiger partial charge in [-0.3, -0.25) is 0 Å². The molecule has 1 aliphatic rings. The molecule has 2 N–H and O–H groups in total. The van der Waals surface area contributed by atoms with E-state index in [4.69, 9.17) is 5.11 Å². The number of hydrogen-bond acceptors (Lipinski definition) is 5. The van der Waals surface area contributed by atoms with Crippen LogP contribution in [0.4, 0.5) is 5.82 Å². The van der Waals surface area contributed by atoms with Gasteiger partial charge in [0, 0.05) is 25.7 Å². The molecule has 0 bridgehead atoms. The fraction of sp³-hybridized carbons (Fsp3) is 0.389. The second kappa shape index (κ2) is 7.88. The van der Waals surface area contributed by atoms with Gasteiger partial charge < -0.3 is 15.3 Å². The molecule has 0 unspecified atom stereocenters. The third kappa shape index (κ3) is 4.52. The van der Waals surface area contributed by atoms with Crippen LogP contribution in [0.25, 0.3) is 0 Å². The van der Waals surface area contributed by atoms with Crippen LogP contribution in [0.3, 0.4) is 0 Å². The van der Waals surface area contributed by atoms with Gasteiger partial charge in [-0.1, -0.05) is 30.3 Å². The molecule has 0 aliphatic carbocycles. The van der Waals surface area contributed by atoms with Crippen molar-refractivity contribution in [3.8, 4) is 0 Å². The third-order valence-electron chi connectivity index (χ3n) is 4.37. The lowest BCUT2D eigenvalue weighted by Gasteiger charge is -2.32. The summed E-state index contributed by atoms with van der Waals surface area (Å²) >= 11 is 0. The van der Waals surface area contributed by atoms with E-state index in [0.29, 0.717) is 11.9 Å². The number of rotatable bonds is 6. The summed E-state index contributed by atoms with van der Waals surface area (Å²) in [6.45, 7) is 3.21. The average molecular weight is 326 g/mol. The van der Waals surface area contributed by atoms with Crippen molar-refractivity contribution in [1.82, 2.24) is 14.9 Å². The summed E-state index contributed by atoms with van der Waals surface area (Å²) in [5, 5.41) is 12.2. The zero-order chi connectivity index (χ0) is 16.8. The number of anilines is 1. The molecule has 6 heteroatoms. The molecule has 0 amide bonds. The average Bonchev–Trinajstić information content (AvgIpc) is 2.62. The van der Waals surface area contributed by atoms with Crippen LogP contribution in [0.15, 0.2) is 42.7 Å². The first-order chi connectivity index (χ1) is 11.7. The lowest BCUT2D eigenvalue weighted by Crippen LogP contribution is -2.40. The van der Waals surface area contributed by atoms with Crippen molar-refractivity contribution in [2.24, 2.45) is 0 Å². The minimum atomic E-state index is -1.05. The molecular weight excluding hydrogens is 304 g/mol. The van der Waals surface area contributed by atoms with E-state index in [2.05, 4.69) is 44.5 Å². The molecule has 24 heavy (non-hydrogen) atoms. The Balaban J connectivity index is 1.42. The van der Waals surface area contributed by atoms with E-state index in [-0.39, 0.29) is 5.69 Å². The van der Waals surface area contributed by atoms with Crippen molar-refractivity contribution < 1.29 is 9.90 Å². The number of carbonyl (C=O) groups is 1. The summed E-state index contributed by atoms with van der Waals surface area (Å²) in [6, 6.07) is 10.9. The molecule has 3 rings (SSSR count). The first-order valence-electron chi connectivity index (χ1n) is 8.29. The first-order valence-corrected chi connectivity index (χ1v) is 8.29. The van der Waals surface area contributed by atoms with Gasteiger partial charge >= 0.3 is 5.97 Å². The fourth-order valence-corrected chi connectivity index (χ4v) is 2.95. The van der Waals surface area contributed by atoms with Gasteiger partial charge in [0.25, 0.3) is 0 Å². The number of nitrogens with zero attached hydrogens (tertiary/aromatic N) is 3. The van der Waals surface area contributed by atoms with Crippen molar-refractivity contribution in [2.45, 2.75) is 25.3 Å². The Morgan fingerprint density at radius 1 is 1.17 bits per heavy atom. The monoisotopic (exact) mass is 326 g/mol. The highest BCUT2D eigenvalue weighted by molar-refractivity contribution is 5.84. The molecule has 1 aromatic carbocycles. The lowest BCUT2D eigenvalue weighted by atomic mass is 10.0. The van der Waals surface area contributed by atoms with E-state index in [1.165, 1.54) is 18.0 Å². The highest BCUT2D eigenvalue weighted by Crippen LogP contribution is 2.15. The van der Waals surface area contributed by atoms with Gasteiger partial charge in [-0.2, -0.15) is 0 Å². The molecule has 0 atom stereocenters. The molecule has 2 heterocycles. The molecule has 126 valence electrons. The molecule has 2 aromatic rings. The number of carboxylic acid groups (broad SMARTS) is 1. The normalized spacial score (nSPS) is 16.0. The Morgan fingerprint density at radius 2 is 1.92 bits per heavy atom. The number of nitrogens with one attached hydrogen (secondary N) is 1. The molecule has 1 saturated heterocycles. The van der Waals surface area contributed by atoms with Crippen LogP contribution in [-0.2, 0) is 6.42 Å². The summed E-state index contributed by atoms with van der Waals surface area (Å²) in [7, 11) is 0. The molecule has 0 spiro atoms. The second-order valence-corrected chi connectivity index (χ2v) is 6.09. The number of likely N-dealkylation sites (tertiary alicyclic amines) is 1. The molecule has 1 aliphatic heterocycles. The summed E-state index contributed by atoms with van der Waals surface area (Å²) in [4.78, 5) is 21.3. The van der Waals surface area contributed by atoms with Gasteiger partial charge in [-0.05, 0) is 24.8 Å². The predicted octanol–water partition coefficient (Wildman–Crippen LogP) is 2.29. The topological polar surface area (TPSA) is 78.3 Å². The zero-order valence-corrected chi connectivity index (χ0v) is 13.6. The fourth-order valence-electron chi connectivity index (χ4n) is 2.95. The molecular formula is C18H22N4O2. The van der Waals surface area contributed by atoms with Crippen LogP contribution >= 0.6 is 0 Å². The molecule has 0 radical (unpaired) electrons. The zero-order valence-electron chi connectivity index (χ0n) is 13.6. The summed E-state index contributed by atoms with van der Waals surface area (Å²) < 4.78 is 0. The van der Waals surface area contributed by atoms with Crippen LogP contribution in [0.2, 0.25) is 0 Å². The van der Waals surface area contributed by atoms with Crippen LogP contribution < -0.4 is 5.32 Å². The molecule has 1 fully saturated rings. The van der Waals surface area contributed by atoms with E-state index < -0.39 is 5.97 Å². The number of carboxylic acids is 1. The maximum Gasteiger partial charge on any atom is 0.356 e. The molecule has 6 nitrogen and oxygen atoms in total.